The van der Waals surface area contributed by atoms with Crippen molar-refractivity contribution in [3.63, 3.8) is 0 Å². The second kappa shape index (κ2) is 10.5. The third kappa shape index (κ3) is 4.12. The summed E-state index contributed by atoms with van der Waals surface area (Å²) in [5, 5.41) is 2.60. The maximum atomic E-state index is 5.44. The first-order chi connectivity index (χ1) is 23.5. The van der Waals surface area contributed by atoms with Gasteiger partial charge in [0.25, 0.3) is 0 Å². The monoisotopic (exact) mass is 650 g/mol. The van der Waals surface area contributed by atoms with Crippen LogP contribution in [-0.4, -0.2) is 9.55 Å². The van der Waals surface area contributed by atoms with Crippen LogP contribution in [0.4, 0.5) is 0 Å². The van der Waals surface area contributed by atoms with Gasteiger partial charge >= 0.3 is 0 Å². The normalized spacial score (nSPS) is 14.0. The molecular weight excluding hydrogens is 621 g/mol. The lowest BCUT2D eigenvalue weighted by Crippen LogP contribution is -2.15. The Bertz CT molecular complexity index is 2520. The highest BCUT2D eigenvalue weighted by Crippen LogP contribution is 2.55. The maximum absolute atomic E-state index is 5.44. The van der Waals surface area contributed by atoms with Crippen molar-refractivity contribution in [1.29, 1.82) is 0 Å². The predicted molar refractivity (Wildman–Crippen MR) is 202 cm³/mol. The molecule has 0 saturated heterocycles. The van der Waals surface area contributed by atoms with Gasteiger partial charge in [-0.2, -0.15) is 0 Å². The van der Waals surface area contributed by atoms with Crippen LogP contribution >= 0.6 is 23.5 Å². The van der Waals surface area contributed by atoms with E-state index < -0.39 is 0 Å². The predicted octanol–water partition coefficient (Wildman–Crippen LogP) is 12.4. The highest BCUT2D eigenvalue weighted by molar-refractivity contribution is 8.05. The van der Waals surface area contributed by atoms with Crippen LogP contribution in [-0.2, 0) is 5.41 Å². The molecule has 0 saturated carbocycles. The zero-order chi connectivity index (χ0) is 32.0. The Balaban J connectivity index is 1.32. The molecule has 0 amide bonds. The van der Waals surface area contributed by atoms with Gasteiger partial charge in [0.2, 0.25) is 0 Å². The van der Waals surface area contributed by atoms with E-state index in [-0.39, 0.29) is 5.41 Å². The van der Waals surface area contributed by atoms with Gasteiger partial charge in [0.1, 0.15) is 5.82 Å². The Morgan fingerprint density at radius 2 is 1.17 bits per heavy atom. The van der Waals surface area contributed by atoms with Crippen LogP contribution in [0.5, 0.6) is 0 Å². The molecule has 0 fully saturated rings. The molecule has 2 nitrogen and oxygen atoms in total. The number of fused-ring (bicyclic) bond motifs is 9. The molecule has 10 rings (SSSR count). The molecule has 0 spiro atoms. The molecule has 228 valence electrons. The summed E-state index contributed by atoms with van der Waals surface area (Å²) in [7, 11) is 0. The van der Waals surface area contributed by atoms with Crippen molar-refractivity contribution in [2.45, 2.75) is 38.8 Å². The second-order valence-corrected chi connectivity index (χ2v) is 15.4. The van der Waals surface area contributed by atoms with E-state index in [9.17, 15) is 0 Å². The molecule has 0 bridgehead atoms. The van der Waals surface area contributed by atoms with Crippen molar-refractivity contribution < 1.29 is 0 Å². The Labute approximate surface area is 288 Å². The highest BCUT2D eigenvalue weighted by atomic mass is 32.2. The smallest absolute Gasteiger partial charge is 0.138 e. The van der Waals surface area contributed by atoms with Gasteiger partial charge in [-0.3, -0.25) is 4.57 Å². The Morgan fingerprint density at radius 1 is 0.521 bits per heavy atom. The van der Waals surface area contributed by atoms with E-state index in [1.54, 1.807) is 0 Å². The number of rotatable bonds is 3. The van der Waals surface area contributed by atoms with Crippen molar-refractivity contribution >= 4 is 45.3 Å². The molecule has 1 aliphatic heterocycles. The standard InChI is InChI=1S/C44H30N2S2/c1-44(2)33-18-10-9-17-30(33)31-21-22-35-42(43(31)44)32-25-39-40(48-38-20-12-11-19-37(38)47-39)26-36(32)46(35)41-24-29(27-13-5-3-6-14-27)23-34(45-41)28-15-7-4-8-16-28/h3-26H,1-2H3. The van der Waals surface area contributed by atoms with Crippen LogP contribution in [0.15, 0.2) is 165 Å². The van der Waals surface area contributed by atoms with Gasteiger partial charge in [-0.15, -0.1) is 0 Å². The molecule has 1 aliphatic carbocycles. The second-order valence-electron chi connectivity index (χ2n) is 13.2. The molecular formula is C44H30N2S2. The lowest BCUT2D eigenvalue weighted by Gasteiger charge is -2.23. The minimum atomic E-state index is -0.149. The Kier molecular flexibility index (Phi) is 6.12. The molecule has 0 atom stereocenters. The lowest BCUT2D eigenvalue weighted by molar-refractivity contribution is 0.666. The van der Waals surface area contributed by atoms with Crippen molar-refractivity contribution in [3.8, 4) is 39.3 Å². The van der Waals surface area contributed by atoms with Gasteiger partial charge in [0.15, 0.2) is 0 Å². The minimum Gasteiger partial charge on any atom is -0.294 e. The summed E-state index contributed by atoms with van der Waals surface area (Å²) in [5.74, 6) is 0.928. The van der Waals surface area contributed by atoms with Crippen molar-refractivity contribution in [2.24, 2.45) is 0 Å². The van der Waals surface area contributed by atoms with Crippen molar-refractivity contribution in [2.75, 3.05) is 0 Å². The number of hydrogen-bond donors (Lipinski definition) is 0. The van der Waals surface area contributed by atoms with Crippen LogP contribution in [0.25, 0.3) is 61.1 Å². The van der Waals surface area contributed by atoms with Crippen LogP contribution in [0.1, 0.15) is 25.0 Å². The van der Waals surface area contributed by atoms with Crippen LogP contribution in [0, 0.1) is 0 Å². The van der Waals surface area contributed by atoms with Crippen LogP contribution < -0.4 is 0 Å². The molecule has 0 N–H and O–H groups in total. The summed E-state index contributed by atoms with van der Waals surface area (Å²) >= 11 is 3.76. The Morgan fingerprint density at radius 3 is 1.92 bits per heavy atom. The van der Waals surface area contributed by atoms with Crippen LogP contribution in [0.3, 0.4) is 0 Å². The Hall–Kier alpha value is -5.03. The number of aromatic nitrogens is 2. The van der Waals surface area contributed by atoms with E-state index >= 15 is 0 Å². The fraction of sp³-hybridized carbons (Fsp3) is 0.0682. The number of benzene rings is 6. The molecule has 2 aliphatic rings. The average Bonchev–Trinajstić information content (AvgIpc) is 3.57. The first-order valence-electron chi connectivity index (χ1n) is 16.4. The van der Waals surface area contributed by atoms with Gasteiger partial charge in [0, 0.05) is 41.3 Å². The summed E-state index contributed by atoms with van der Waals surface area (Å²) in [6.07, 6.45) is 0. The molecule has 3 heterocycles. The zero-order valence-electron chi connectivity index (χ0n) is 26.6. The van der Waals surface area contributed by atoms with Crippen LogP contribution in [0.2, 0.25) is 0 Å². The van der Waals surface area contributed by atoms with Gasteiger partial charge < -0.3 is 0 Å². The third-order valence-electron chi connectivity index (χ3n) is 10.0. The lowest BCUT2D eigenvalue weighted by atomic mass is 9.80. The summed E-state index contributed by atoms with van der Waals surface area (Å²) in [6, 6.07) is 53.0. The van der Waals surface area contributed by atoms with E-state index in [1.165, 1.54) is 69.2 Å². The summed E-state index contributed by atoms with van der Waals surface area (Å²) in [4.78, 5) is 10.7. The quantitative estimate of drug-likeness (QED) is 0.189. The van der Waals surface area contributed by atoms with Gasteiger partial charge in [-0.25, -0.2) is 4.98 Å². The number of pyridine rings is 1. The zero-order valence-corrected chi connectivity index (χ0v) is 28.2. The van der Waals surface area contributed by atoms with Crippen molar-refractivity contribution in [1.82, 2.24) is 9.55 Å². The molecule has 2 aromatic heterocycles. The highest BCUT2D eigenvalue weighted by Gasteiger charge is 2.38. The largest absolute Gasteiger partial charge is 0.294 e. The molecule has 48 heavy (non-hydrogen) atoms. The molecule has 4 heteroatoms. The first kappa shape index (κ1) is 28.0. The number of nitrogens with zero attached hydrogens (tertiary/aromatic N) is 2. The van der Waals surface area contributed by atoms with E-state index in [0.29, 0.717) is 0 Å². The van der Waals surface area contributed by atoms with Gasteiger partial charge in [-0.1, -0.05) is 140 Å². The SMILES string of the molecule is CC1(C)c2ccccc2-c2ccc3c(c21)c1cc2c(cc1n3-c1cc(-c3ccccc3)cc(-c3ccccc3)n1)Sc1ccccc1S2. The minimum absolute atomic E-state index is 0.149. The van der Waals surface area contributed by atoms with Gasteiger partial charge in [0.05, 0.1) is 16.7 Å². The first-order valence-corrected chi connectivity index (χ1v) is 18.0. The van der Waals surface area contributed by atoms with Gasteiger partial charge in [-0.05, 0) is 75.8 Å². The third-order valence-corrected chi connectivity index (χ3v) is 12.5. The average molecular weight is 651 g/mol. The maximum Gasteiger partial charge on any atom is 0.138 e. The molecule has 6 aromatic carbocycles. The fourth-order valence-corrected chi connectivity index (χ4v) is 10.1. The van der Waals surface area contributed by atoms with E-state index in [4.69, 9.17) is 4.98 Å². The number of hydrogen-bond acceptors (Lipinski definition) is 3. The van der Waals surface area contributed by atoms with Crippen molar-refractivity contribution in [3.05, 3.63) is 157 Å². The summed E-state index contributed by atoms with van der Waals surface area (Å²) in [5.41, 5.74) is 12.1. The summed E-state index contributed by atoms with van der Waals surface area (Å²) < 4.78 is 2.43. The molecule has 0 radical (unpaired) electrons. The van der Waals surface area contributed by atoms with E-state index in [1.807, 2.05) is 23.5 Å². The molecule has 8 aromatic rings. The van der Waals surface area contributed by atoms with E-state index in [2.05, 4.69) is 164 Å². The fourth-order valence-electron chi connectivity index (χ4n) is 7.83. The molecule has 0 unspecified atom stereocenters. The summed E-state index contributed by atoms with van der Waals surface area (Å²) in [6.45, 7) is 4.78. The topological polar surface area (TPSA) is 17.8 Å². The van der Waals surface area contributed by atoms with E-state index in [0.717, 1.165) is 22.6 Å².